The van der Waals surface area contributed by atoms with Crippen molar-refractivity contribution in [3.63, 3.8) is 0 Å². The fourth-order valence-corrected chi connectivity index (χ4v) is 2.43. The van der Waals surface area contributed by atoms with Crippen molar-refractivity contribution in [1.29, 1.82) is 0 Å². The van der Waals surface area contributed by atoms with Gasteiger partial charge in [0.1, 0.15) is 0 Å². The quantitative estimate of drug-likeness (QED) is 0.834. The van der Waals surface area contributed by atoms with Gasteiger partial charge in [-0.2, -0.15) is 0 Å². The van der Waals surface area contributed by atoms with Crippen LogP contribution in [0.1, 0.15) is 24.8 Å². The van der Waals surface area contributed by atoms with Crippen LogP contribution in [-0.4, -0.2) is 5.91 Å². The van der Waals surface area contributed by atoms with Crippen LogP contribution < -0.4 is 5.32 Å². The van der Waals surface area contributed by atoms with Crippen LogP contribution in [0.25, 0.3) is 0 Å². The van der Waals surface area contributed by atoms with Gasteiger partial charge in [0.15, 0.2) is 0 Å². The summed E-state index contributed by atoms with van der Waals surface area (Å²) in [5, 5.41) is 3.80. The van der Waals surface area contributed by atoms with Crippen LogP contribution >= 0.6 is 23.2 Å². The Bertz CT molecular complexity index is 599. The zero-order valence-electron chi connectivity index (χ0n) is 11.1. The molecule has 0 aliphatic carbocycles. The van der Waals surface area contributed by atoms with Crippen molar-refractivity contribution in [2.45, 2.75) is 19.3 Å². The first-order chi connectivity index (χ1) is 9.56. The van der Waals surface area contributed by atoms with Crippen molar-refractivity contribution in [3.05, 3.63) is 64.1 Å². The molecule has 0 bridgehead atoms. The third-order valence-corrected chi connectivity index (χ3v) is 3.61. The van der Waals surface area contributed by atoms with E-state index in [0.717, 1.165) is 5.56 Å². The summed E-state index contributed by atoms with van der Waals surface area (Å²) in [7, 11) is 0. The molecule has 0 radical (unpaired) electrons. The molecule has 0 saturated carbocycles. The average Bonchev–Trinajstić information content (AvgIpc) is 2.43. The van der Waals surface area contributed by atoms with E-state index < -0.39 is 0 Å². The Labute approximate surface area is 128 Å². The van der Waals surface area contributed by atoms with E-state index in [1.54, 1.807) is 18.2 Å². The molecule has 2 aromatic carbocycles. The van der Waals surface area contributed by atoms with E-state index in [9.17, 15) is 4.79 Å². The minimum absolute atomic E-state index is 0.0643. The van der Waals surface area contributed by atoms with Crippen LogP contribution in [-0.2, 0) is 4.79 Å². The van der Waals surface area contributed by atoms with Gasteiger partial charge in [0.25, 0.3) is 0 Å². The number of nitrogens with one attached hydrogen (secondary N) is 1. The maximum atomic E-state index is 12.0. The molecule has 0 saturated heterocycles. The smallest absolute Gasteiger partial charge is 0.225 e. The molecule has 1 N–H and O–H groups in total. The molecule has 0 aromatic heterocycles. The molecule has 0 aliphatic rings. The highest BCUT2D eigenvalue weighted by atomic mass is 35.5. The first kappa shape index (κ1) is 14.9. The molecule has 2 rings (SSSR count). The van der Waals surface area contributed by atoms with Crippen LogP contribution in [0, 0.1) is 0 Å². The third-order valence-electron chi connectivity index (χ3n) is 3.07. The zero-order valence-corrected chi connectivity index (χ0v) is 12.6. The van der Waals surface area contributed by atoms with Crippen LogP contribution in [0.2, 0.25) is 10.0 Å². The first-order valence-electron chi connectivity index (χ1n) is 6.36. The van der Waals surface area contributed by atoms with Gasteiger partial charge >= 0.3 is 0 Å². The summed E-state index contributed by atoms with van der Waals surface area (Å²) in [5.41, 5.74) is 1.73. The number of benzene rings is 2. The standard InChI is InChI=1S/C16H15Cl2NO/c1-11(12-5-3-2-4-6-12)9-16(20)19-15-8-7-13(17)10-14(15)18/h2-8,10-11H,9H2,1H3,(H,19,20)/t11-/m1/s1. The lowest BCUT2D eigenvalue weighted by molar-refractivity contribution is -0.116. The predicted molar refractivity (Wildman–Crippen MR) is 84.6 cm³/mol. The van der Waals surface area contributed by atoms with Gasteiger partial charge in [0, 0.05) is 11.4 Å². The van der Waals surface area contributed by atoms with Gasteiger partial charge in [-0.1, -0.05) is 60.5 Å². The van der Waals surface area contributed by atoms with E-state index in [0.29, 0.717) is 22.2 Å². The summed E-state index contributed by atoms with van der Waals surface area (Å²) in [6.07, 6.45) is 0.406. The van der Waals surface area contributed by atoms with Crippen molar-refractivity contribution >= 4 is 34.8 Å². The third kappa shape index (κ3) is 3.99. The summed E-state index contributed by atoms with van der Waals surface area (Å²) in [5.74, 6) is 0.0906. The second-order valence-electron chi connectivity index (χ2n) is 4.69. The first-order valence-corrected chi connectivity index (χ1v) is 7.11. The summed E-state index contributed by atoms with van der Waals surface area (Å²) >= 11 is 11.8. The van der Waals surface area contributed by atoms with Crippen LogP contribution in [0.15, 0.2) is 48.5 Å². The van der Waals surface area contributed by atoms with Crippen molar-refractivity contribution in [1.82, 2.24) is 0 Å². The molecule has 0 spiro atoms. The Morgan fingerprint density at radius 1 is 1.15 bits per heavy atom. The number of carbonyl (C=O) groups excluding carboxylic acids is 1. The average molecular weight is 308 g/mol. The molecule has 0 unspecified atom stereocenters. The molecule has 1 atom stereocenters. The summed E-state index contributed by atoms with van der Waals surface area (Å²) < 4.78 is 0. The SMILES string of the molecule is C[C@H](CC(=O)Nc1ccc(Cl)cc1Cl)c1ccccc1. The second kappa shape index (κ2) is 6.78. The number of rotatable bonds is 4. The van der Waals surface area contributed by atoms with E-state index in [1.165, 1.54) is 0 Å². The van der Waals surface area contributed by atoms with Crippen molar-refractivity contribution in [3.8, 4) is 0 Å². The van der Waals surface area contributed by atoms with E-state index in [4.69, 9.17) is 23.2 Å². The Morgan fingerprint density at radius 3 is 2.50 bits per heavy atom. The highest BCUT2D eigenvalue weighted by molar-refractivity contribution is 6.36. The van der Waals surface area contributed by atoms with Gasteiger partial charge in [-0.05, 0) is 29.7 Å². The normalized spacial score (nSPS) is 11.9. The van der Waals surface area contributed by atoms with Gasteiger partial charge in [-0.15, -0.1) is 0 Å². The van der Waals surface area contributed by atoms with Crippen LogP contribution in [0.3, 0.4) is 0 Å². The van der Waals surface area contributed by atoms with Crippen LogP contribution in [0.5, 0.6) is 0 Å². The zero-order chi connectivity index (χ0) is 14.5. The Kier molecular flexibility index (Phi) is 5.05. The number of hydrogen-bond acceptors (Lipinski definition) is 1. The molecule has 2 nitrogen and oxygen atoms in total. The molecule has 20 heavy (non-hydrogen) atoms. The van der Waals surface area contributed by atoms with Crippen LogP contribution in [0.4, 0.5) is 5.69 Å². The minimum Gasteiger partial charge on any atom is -0.325 e. The van der Waals surface area contributed by atoms with E-state index >= 15 is 0 Å². The van der Waals surface area contributed by atoms with Crippen molar-refractivity contribution in [2.75, 3.05) is 5.32 Å². The number of anilines is 1. The Balaban J connectivity index is 1.99. The van der Waals surface area contributed by atoms with E-state index in [1.807, 2.05) is 37.3 Å². The monoisotopic (exact) mass is 307 g/mol. The molecule has 0 fully saturated rings. The summed E-state index contributed by atoms with van der Waals surface area (Å²) in [6.45, 7) is 2.03. The molecule has 104 valence electrons. The molecule has 0 aliphatic heterocycles. The van der Waals surface area contributed by atoms with Gasteiger partial charge in [-0.3, -0.25) is 4.79 Å². The summed E-state index contributed by atoms with van der Waals surface area (Å²) in [4.78, 5) is 12.0. The fourth-order valence-electron chi connectivity index (χ4n) is 1.97. The molecule has 2 aromatic rings. The maximum Gasteiger partial charge on any atom is 0.225 e. The minimum atomic E-state index is -0.0643. The molecular weight excluding hydrogens is 293 g/mol. The highest BCUT2D eigenvalue weighted by Crippen LogP contribution is 2.26. The lowest BCUT2D eigenvalue weighted by Gasteiger charge is -2.12. The summed E-state index contributed by atoms with van der Waals surface area (Å²) in [6, 6.07) is 15.0. The number of amides is 1. The second-order valence-corrected chi connectivity index (χ2v) is 5.53. The van der Waals surface area contributed by atoms with Gasteiger partial charge in [-0.25, -0.2) is 0 Å². The Morgan fingerprint density at radius 2 is 1.85 bits per heavy atom. The topological polar surface area (TPSA) is 29.1 Å². The lowest BCUT2D eigenvalue weighted by Crippen LogP contribution is -2.14. The largest absolute Gasteiger partial charge is 0.325 e. The number of hydrogen-bond donors (Lipinski definition) is 1. The number of halogens is 2. The lowest BCUT2D eigenvalue weighted by atomic mass is 9.97. The van der Waals surface area contributed by atoms with E-state index in [-0.39, 0.29) is 11.8 Å². The van der Waals surface area contributed by atoms with Crippen molar-refractivity contribution < 1.29 is 4.79 Å². The van der Waals surface area contributed by atoms with Crippen molar-refractivity contribution in [2.24, 2.45) is 0 Å². The van der Waals surface area contributed by atoms with Gasteiger partial charge in [0.2, 0.25) is 5.91 Å². The molecule has 4 heteroatoms. The van der Waals surface area contributed by atoms with Gasteiger partial charge in [0.05, 0.1) is 10.7 Å². The highest BCUT2D eigenvalue weighted by Gasteiger charge is 2.12. The molecule has 0 heterocycles. The Hall–Kier alpha value is -1.51. The molecular formula is C16H15Cl2NO. The van der Waals surface area contributed by atoms with E-state index in [2.05, 4.69) is 5.32 Å². The maximum absolute atomic E-state index is 12.0. The fraction of sp³-hybridized carbons (Fsp3) is 0.188. The van der Waals surface area contributed by atoms with Gasteiger partial charge < -0.3 is 5.32 Å². The molecule has 1 amide bonds. The number of carbonyl (C=O) groups is 1. The predicted octanol–water partition coefficient (Wildman–Crippen LogP) is 5.13.